The number of rotatable bonds is 6. The second kappa shape index (κ2) is 8.10. The lowest BCUT2D eigenvalue weighted by Gasteiger charge is -2.18. The van der Waals surface area contributed by atoms with E-state index < -0.39 is 0 Å². The summed E-state index contributed by atoms with van der Waals surface area (Å²) >= 11 is 0. The highest BCUT2D eigenvalue weighted by Gasteiger charge is 2.15. The third kappa shape index (κ3) is 4.81. The number of carbonyl (C=O) groups excluding carboxylic acids is 2. The number of benzene rings is 1. The van der Waals surface area contributed by atoms with Gasteiger partial charge in [0.05, 0.1) is 5.69 Å². The van der Waals surface area contributed by atoms with Gasteiger partial charge in [0.15, 0.2) is 5.82 Å². The molecule has 0 spiro atoms. The van der Waals surface area contributed by atoms with Crippen molar-refractivity contribution >= 4 is 23.3 Å². The zero-order valence-electron chi connectivity index (χ0n) is 14.1. The highest BCUT2D eigenvalue weighted by Crippen LogP contribution is 2.20. The van der Waals surface area contributed by atoms with Gasteiger partial charge >= 0.3 is 0 Å². The molecule has 126 valence electrons. The topological polar surface area (TPSA) is 74.3 Å². The zero-order chi connectivity index (χ0) is 17.5. The van der Waals surface area contributed by atoms with Crippen molar-refractivity contribution < 1.29 is 9.59 Å². The van der Waals surface area contributed by atoms with E-state index in [-0.39, 0.29) is 24.3 Å². The first-order valence-corrected chi connectivity index (χ1v) is 7.75. The van der Waals surface area contributed by atoms with E-state index in [1.54, 1.807) is 49.5 Å². The highest BCUT2D eigenvalue weighted by atomic mass is 16.2. The number of carbonyl (C=O) groups is 2. The SMILES string of the molecule is CC(CC(=O)Nc1cccnc1N(C)C)NC(=O)c1ccccc1. The molecule has 0 saturated heterocycles. The molecule has 0 saturated carbocycles. The minimum absolute atomic E-state index is 0.174. The van der Waals surface area contributed by atoms with E-state index in [0.717, 1.165) is 0 Å². The van der Waals surface area contributed by atoms with Crippen LogP contribution in [0.1, 0.15) is 23.7 Å². The van der Waals surface area contributed by atoms with E-state index in [0.29, 0.717) is 17.1 Å². The number of nitrogens with one attached hydrogen (secondary N) is 2. The summed E-state index contributed by atoms with van der Waals surface area (Å²) in [4.78, 5) is 30.4. The van der Waals surface area contributed by atoms with Gasteiger partial charge in [-0.3, -0.25) is 9.59 Å². The van der Waals surface area contributed by atoms with Crippen LogP contribution in [0.5, 0.6) is 0 Å². The third-order valence-corrected chi connectivity index (χ3v) is 3.39. The maximum atomic E-state index is 12.2. The summed E-state index contributed by atoms with van der Waals surface area (Å²) in [5, 5.41) is 5.67. The van der Waals surface area contributed by atoms with Gasteiger partial charge in [0.25, 0.3) is 5.91 Å². The molecule has 24 heavy (non-hydrogen) atoms. The van der Waals surface area contributed by atoms with Crippen molar-refractivity contribution in [2.24, 2.45) is 0 Å². The Labute approximate surface area is 141 Å². The molecule has 1 aromatic heterocycles. The van der Waals surface area contributed by atoms with Crippen LogP contribution in [0.3, 0.4) is 0 Å². The lowest BCUT2D eigenvalue weighted by atomic mass is 10.1. The molecule has 2 amide bonds. The van der Waals surface area contributed by atoms with E-state index in [4.69, 9.17) is 0 Å². The van der Waals surface area contributed by atoms with Crippen LogP contribution in [-0.4, -0.2) is 36.9 Å². The Kier molecular flexibility index (Phi) is 5.89. The van der Waals surface area contributed by atoms with Crippen molar-refractivity contribution in [3.63, 3.8) is 0 Å². The first-order chi connectivity index (χ1) is 11.5. The molecule has 2 N–H and O–H groups in total. The number of amides is 2. The number of anilines is 2. The second-order valence-corrected chi connectivity index (χ2v) is 5.76. The Hall–Kier alpha value is -2.89. The third-order valence-electron chi connectivity index (χ3n) is 3.39. The molecule has 1 unspecified atom stereocenters. The fourth-order valence-corrected chi connectivity index (χ4v) is 2.28. The molecule has 0 bridgehead atoms. The molecule has 0 aliphatic rings. The molecule has 0 radical (unpaired) electrons. The highest BCUT2D eigenvalue weighted by molar-refractivity contribution is 5.96. The largest absolute Gasteiger partial charge is 0.361 e. The average Bonchev–Trinajstić information content (AvgIpc) is 2.55. The van der Waals surface area contributed by atoms with Crippen LogP contribution in [0.2, 0.25) is 0 Å². The first-order valence-electron chi connectivity index (χ1n) is 7.75. The van der Waals surface area contributed by atoms with E-state index in [1.807, 2.05) is 25.1 Å². The Morgan fingerprint density at radius 1 is 1.12 bits per heavy atom. The summed E-state index contributed by atoms with van der Waals surface area (Å²) in [5.74, 6) is 0.324. The minimum atomic E-state index is -0.280. The minimum Gasteiger partial charge on any atom is -0.361 e. The van der Waals surface area contributed by atoms with Gasteiger partial charge in [-0.25, -0.2) is 4.98 Å². The van der Waals surface area contributed by atoms with Gasteiger partial charge in [0, 0.05) is 38.3 Å². The molecule has 1 aromatic carbocycles. The van der Waals surface area contributed by atoms with Crippen molar-refractivity contribution in [2.45, 2.75) is 19.4 Å². The number of hydrogen-bond donors (Lipinski definition) is 2. The predicted octanol–water partition coefficient (Wildman–Crippen LogP) is 2.29. The Balaban J connectivity index is 1.92. The fourth-order valence-electron chi connectivity index (χ4n) is 2.28. The number of nitrogens with zero attached hydrogens (tertiary/aromatic N) is 2. The smallest absolute Gasteiger partial charge is 0.251 e. The Morgan fingerprint density at radius 2 is 1.83 bits per heavy atom. The molecule has 0 fully saturated rings. The van der Waals surface area contributed by atoms with Crippen molar-refractivity contribution in [3.05, 3.63) is 54.2 Å². The van der Waals surface area contributed by atoms with Crippen LogP contribution in [0.25, 0.3) is 0 Å². The fraction of sp³-hybridized carbons (Fsp3) is 0.278. The monoisotopic (exact) mass is 326 g/mol. The van der Waals surface area contributed by atoms with Gasteiger partial charge in [-0.1, -0.05) is 18.2 Å². The summed E-state index contributed by atoms with van der Waals surface area (Å²) in [7, 11) is 3.72. The summed E-state index contributed by atoms with van der Waals surface area (Å²) in [6.45, 7) is 1.80. The zero-order valence-corrected chi connectivity index (χ0v) is 14.1. The van der Waals surface area contributed by atoms with Crippen LogP contribution in [0, 0.1) is 0 Å². The van der Waals surface area contributed by atoms with Gasteiger partial charge in [0.2, 0.25) is 5.91 Å². The van der Waals surface area contributed by atoms with E-state index >= 15 is 0 Å². The maximum Gasteiger partial charge on any atom is 0.251 e. The maximum absolute atomic E-state index is 12.2. The summed E-state index contributed by atoms with van der Waals surface area (Å²) in [6, 6.07) is 12.2. The van der Waals surface area contributed by atoms with Crippen molar-refractivity contribution in [2.75, 3.05) is 24.3 Å². The van der Waals surface area contributed by atoms with Gasteiger partial charge in [-0.15, -0.1) is 0 Å². The summed E-state index contributed by atoms with van der Waals surface area (Å²) in [5.41, 5.74) is 1.22. The van der Waals surface area contributed by atoms with Gasteiger partial charge in [-0.05, 0) is 31.2 Å². The van der Waals surface area contributed by atoms with Gasteiger partial charge in [0.1, 0.15) is 0 Å². The second-order valence-electron chi connectivity index (χ2n) is 5.76. The van der Waals surface area contributed by atoms with E-state index in [2.05, 4.69) is 15.6 Å². The average molecular weight is 326 g/mol. The molecular weight excluding hydrogens is 304 g/mol. The van der Waals surface area contributed by atoms with Crippen LogP contribution < -0.4 is 15.5 Å². The van der Waals surface area contributed by atoms with Crippen LogP contribution in [-0.2, 0) is 4.79 Å². The van der Waals surface area contributed by atoms with Crippen LogP contribution in [0.15, 0.2) is 48.7 Å². The molecule has 2 rings (SSSR count). The molecule has 6 heteroatoms. The van der Waals surface area contributed by atoms with Crippen molar-refractivity contribution in [1.29, 1.82) is 0 Å². The number of pyridine rings is 1. The summed E-state index contributed by atoms with van der Waals surface area (Å²) < 4.78 is 0. The van der Waals surface area contributed by atoms with E-state index in [9.17, 15) is 9.59 Å². The van der Waals surface area contributed by atoms with Crippen molar-refractivity contribution in [1.82, 2.24) is 10.3 Å². The molecule has 1 atom stereocenters. The van der Waals surface area contributed by atoms with Gasteiger partial charge in [-0.2, -0.15) is 0 Å². The molecule has 6 nitrogen and oxygen atoms in total. The summed E-state index contributed by atoms with van der Waals surface area (Å²) in [6.07, 6.45) is 1.86. The van der Waals surface area contributed by atoms with Crippen molar-refractivity contribution in [3.8, 4) is 0 Å². The van der Waals surface area contributed by atoms with Gasteiger partial charge < -0.3 is 15.5 Å². The van der Waals surface area contributed by atoms with Crippen LogP contribution >= 0.6 is 0 Å². The molecule has 1 heterocycles. The molecule has 0 aliphatic heterocycles. The Morgan fingerprint density at radius 3 is 2.50 bits per heavy atom. The predicted molar refractivity (Wildman–Crippen MR) is 95.2 cm³/mol. The van der Waals surface area contributed by atoms with Crippen LogP contribution in [0.4, 0.5) is 11.5 Å². The normalized spacial score (nSPS) is 11.5. The first kappa shape index (κ1) is 17.5. The quantitative estimate of drug-likeness (QED) is 0.854. The Bertz CT molecular complexity index is 701. The lowest BCUT2D eigenvalue weighted by molar-refractivity contribution is -0.116. The number of aromatic nitrogens is 1. The molecular formula is C18H22N4O2. The van der Waals surface area contributed by atoms with E-state index in [1.165, 1.54) is 0 Å². The molecule has 2 aromatic rings. The standard InChI is InChI=1S/C18H22N4O2/c1-13(20-18(24)14-8-5-4-6-9-14)12-16(23)21-15-10-7-11-19-17(15)22(2)3/h4-11,13H,12H2,1-3H3,(H,20,24)(H,21,23). The lowest BCUT2D eigenvalue weighted by Crippen LogP contribution is -2.35. The molecule has 0 aliphatic carbocycles. The number of hydrogen-bond acceptors (Lipinski definition) is 4.